The summed E-state index contributed by atoms with van der Waals surface area (Å²) >= 11 is 0. The highest BCUT2D eigenvalue weighted by atomic mass is 16.5. The summed E-state index contributed by atoms with van der Waals surface area (Å²) in [6, 6.07) is -0.368. The summed E-state index contributed by atoms with van der Waals surface area (Å²) < 4.78 is 5.49. The van der Waals surface area contributed by atoms with Gasteiger partial charge in [-0.2, -0.15) is 0 Å². The Bertz CT molecular complexity index is 314. The summed E-state index contributed by atoms with van der Waals surface area (Å²) in [4.78, 5) is 16.1. The average Bonchev–Trinajstić information content (AvgIpc) is 2.71. The summed E-state index contributed by atoms with van der Waals surface area (Å²) in [5, 5.41) is 5.92. The molecule has 1 amide bonds. The Balaban J connectivity index is 2.02. The number of nitrogens with one attached hydrogen (secondary N) is 2. The van der Waals surface area contributed by atoms with Crippen molar-refractivity contribution in [2.75, 3.05) is 6.61 Å². The molecule has 2 atom stereocenters. The predicted octanol–water partition coefficient (Wildman–Crippen LogP) is 0.408. The Morgan fingerprint density at radius 2 is 2.25 bits per heavy atom. The van der Waals surface area contributed by atoms with E-state index in [0.29, 0.717) is 5.96 Å². The zero-order chi connectivity index (χ0) is 11.8. The number of carbonyl (C=O) groups excluding carboxylic acids is 1. The molecule has 2 heterocycles. The molecule has 2 aliphatic heterocycles. The minimum absolute atomic E-state index is 0.0423. The lowest BCUT2D eigenvalue weighted by molar-refractivity contribution is -0.122. The summed E-state index contributed by atoms with van der Waals surface area (Å²) in [7, 11) is 0. The van der Waals surface area contributed by atoms with Gasteiger partial charge in [-0.1, -0.05) is 0 Å². The Kier molecular flexibility index (Phi) is 2.88. The molecule has 0 aromatic carbocycles. The molecule has 2 rings (SSSR count). The van der Waals surface area contributed by atoms with Crippen LogP contribution in [-0.2, 0) is 9.53 Å². The number of aliphatic imine (C=N–C) groups is 1. The van der Waals surface area contributed by atoms with Crippen LogP contribution in [0.25, 0.3) is 0 Å². The zero-order valence-electron chi connectivity index (χ0n) is 10.0. The van der Waals surface area contributed by atoms with Crippen molar-refractivity contribution < 1.29 is 9.53 Å². The second-order valence-corrected chi connectivity index (χ2v) is 5.34. The van der Waals surface area contributed by atoms with Crippen LogP contribution < -0.4 is 10.6 Å². The van der Waals surface area contributed by atoms with Crippen LogP contribution in [0, 0.1) is 0 Å². The van der Waals surface area contributed by atoms with Crippen molar-refractivity contribution in [2.24, 2.45) is 4.99 Å². The molecule has 5 heteroatoms. The van der Waals surface area contributed by atoms with Crippen molar-refractivity contribution in [3.05, 3.63) is 0 Å². The van der Waals surface area contributed by atoms with Crippen molar-refractivity contribution in [3.63, 3.8) is 0 Å². The average molecular weight is 225 g/mol. The van der Waals surface area contributed by atoms with Crippen molar-refractivity contribution >= 4 is 11.9 Å². The molecule has 2 N–H and O–H groups in total. The molecule has 0 bridgehead atoms. The summed E-state index contributed by atoms with van der Waals surface area (Å²) in [5.74, 6) is 0.511. The lowest BCUT2D eigenvalue weighted by atomic mass is 10.1. The van der Waals surface area contributed by atoms with Crippen molar-refractivity contribution in [1.29, 1.82) is 0 Å². The van der Waals surface area contributed by atoms with E-state index in [1.54, 1.807) is 0 Å². The SMILES string of the molecule is CC(C)(C)NC1=NC(C2CCCO2)C(=O)N1. The second kappa shape index (κ2) is 4.05. The zero-order valence-corrected chi connectivity index (χ0v) is 10.0. The fourth-order valence-electron chi connectivity index (χ4n) is 1.94. The predicted molar refractivity (Wildman–Crippen MR) is 61.2 cm³/mol. The molecule has 0 aromatic heterocycles. The smallest absolute Gasteiger partial charge is 0.254 e. The molecule has 90 valence electrons. The first-order chi connectivity index (χ1) is 7.46. The molecule has 0 radical (unpaired) electrons. The lowest BCUT2D eigenvalue weighted by Crippen LogP contribution is -2.47. The van der Waals surface area contributed by atoms with Gasteiger partial charge in [-0.3, -0.25) is 10.1 Å². The summed E-state index contributed by atoms with van der Waals surface area (Å²) in [6.07, 6.45) is 1.90. The fourth-order valence-corrected chi connectivity index (χ4v) is 1.94. The molecule has 16 heavy (non-hydrogen) atoms. The third-order valence-corrected chi connectivity index (χ3v) is 2.59. The third-order valence-electron chi connectivity index (χ3n) is 2.59. The maximum Gasteiger partial charge on any atom is 0.254 e. The molecule has 5 nitrogen and oxygen atoms in total. The van der Waals surface area contributed by atoms with E-state index < -0.39 is 0 Å². The van der Waals surface area contributed by atoms with E-state index in [1.165, 1.54) is 0 Å². The first-order valence-corrected chi connectivity index (χ1v) is 5.74. The van der Waals surface area contributed by atoms with Gasteiger partial charge in [-0.25, -0.2) is 4.99 Å². The van der Waals surface area contributed by atoms with E-state index in [1.807, 2.05) is 20.8 Å². The van der Waals surface area contributed by atoms with Gasteiger partial charge in [0.05, 0.1) is 6.10 Å². The van der Waals surface area contributed by atoms with Crippen molar-refractivity contribution in [1.82, 2.24) is 10.6 Å². The Hall–Kier alpha value is -1.10. The largest absolute Gasteiger partial charge is 0.375 e. The minimum Gasteiger partial charge on any atom is -0.375 e. The summed E-state index contributed by atoms with van der Waals surface area (Å²) in [5.41, 5.74) is -0.0997. The van der Waals surface area contributed by atoms with Crippen molar-refractivity contribution in [3.8, 4) is 0 Å². The van der Waals surface area contributed by atoms with Gasteiger partial charge in [-0.15, -0.1) is 0 Å². The highest BCUT2D eigenvalue weighted by Gasteiger charge is 2.36. The van der Waals surface area contributed by atoms with Crippen molar-refractivity contribution in [2.45, 2.75) is 51.3 Å². The molecule has 1 fully saturated rings. The molecular formula is C11H19N3O2. The van der Waals surface area contributed by atoms with E-state index in [9.17, 15) is 4.79 Å². The normalized spacial score (nSPS) is 30.2. The highest BCUT2D eigenvalue weighted by molar-refractivity contribution is 6.05. The van der Waals surface area contributed by atoms with Crippen LogP contribution in [0.3, 0.4) is 0 Å². The van der Waals surface area contributed by atoms with E-state index in [2.05, 4.69) is 15.6 Å². The third kappa shape index (κ3) is 2.52. The molecular weight excluding hydrogens is 206 g/mol. The van der Waals surface area contributed by atoms with Gasteiger partial charge >= 0.3 is 0 Å². The quantitative estimate of drug-likeness (QED) is 0.679. The van der Waals surface area contributed by atoms with Crippen LogP contribution in [0.2, 0.25) is 0 Å². The first kappa shape index (κ1) is 11.4. The molecule has 0 aliphatic carbocycles. The number of rotatable bonds is 1. The number of hydrogen-bond donors (Lipinski definition) is 2. The van der Waals surface area contributed by atoms with Crippen LogP contribution >= 0.6 is 0 Å². The van der Waals surface area contributed by atoms with Crippen LogP contribution in [-0.4, -0.2) is 36.2 Å². The number of guanidine groups is 1. The van der Waals surface area contributed by atoms with E-state index >= 15 is 0 Å². The first-order valence-electron chi connectivity index (χ1n) is 5.74. The van der Waals surface area contributed by atoms with Gasteiger partial charge in [0.1, 0.15) is 0 Å². The number of nitrogens with zero attached hydrogens (tertiary/aromatic N) is 1. The Labute approximate surface area is 95.6 Å². The topological polar surface area (TPSA) is 62.7 Å². The molecule has 0 saturated carbocycles. The monoisotopic (exact) mass is 225 g/mol. The Morgan fingerprint density at radius 3 is 2.81 bits per heavy atom. The number of carbonyl (C=O) groups is 1. The molecule has 1 saturated heterocycles. The number of hydrogen-bond acceptors (Lipinski definition) is 4. The maximum absolute atomic E-state index is 11.7. The Morgan fingerprint density at radius 1 is 1.50 bits per heavy atom. The highest BCUT2D eigenvalue weighted by Crippen LogP contribution is 2.20. The fraction of sp³-hybridized carbons (Fsp3) is 0.818. The van der Waals surface area contributed by atoms with Crippen LogP contribution in [0.5, 0.6) is 0 Å². The van der Waals surface area contributed by atoms with Gasteiger partial charge in [0.15, 0.2) is 12.0 Å². The van der Waals surface area contributed by atoms with E-state index in [-0.39, 0.29) is 23.6 Å². The number of ether oxygens (including phenoxy) is 1. The number of amides is 1. The van der Waals surface area contributed by atoms with E-state index in [4.69, 9.17) is 4.74 Å². The van der Waals surface area contributed by atoms with Gasteiger partial charge in [-0.05, 0) is 33.6 Å². The summed E-state index contributed by atoms with van der Waals surface area (Å²) in [6.45, 7) is 6.83. The van der Waals surface area contributed by atoms with Gasteiger partial charge in [0, 0.05) is 12.1 Å². The molecule has 0 spiro atoms. The van der Waals surface area contributed by atoms with Gasteiger partial charge in [0.2, 0.25) is 0 Å². The maximum atomic E-state index is 11.7. The standard InChI is InChI=1S/C11H19N3O2/c1-11(2,3)14-10-12-8(9(15)13-10)7-5-4-6-16-7/h7-8H,4-6H2,1-3H3,(H2,12,13,14,15). The minimum atomic E-state index is -0.368. The van der Waals surface area contributed by atoms with Gasteiger partial charge in [0.25, 0.3) is 5.91 Å². The van der Waals surface area contributed by atoms with E-state index in [0.717, 1.165) is 19.4 Å². The second-order valence-electron chi connectivity index (χ2n) is 5.34. The van der Waals surface area contributed by atoms with Crippen LogP contribution in [0.4, 0.5) is 0 Å². The van der Waals surface area contributed by atoms with Crippen LogP contribution in [0.15, 0.2) is 4.99 Å². The molecule has 2 unspecified atom stereocenters. The lowest BCUT2D eigenvalue weighted by Gasteiger charge is -2.21. The molecule has 0 aromatic rings. The van der Waals surface area contributed by atoms with Crippen LogP contribution in [0.1, 0.15) is 33.6 Å². The van der Waals surface area contributed by atoms with Gasteiger partial charge < -0.3 is 10.1 Å². The molecule has 2 aliphatic rings.